The summed E-state index contributed by atoms with van der Waals surface area (Å²) in [7, 11) is 0. The summed E-state index contributed by atoms with van der Waals surface area (Å²) in [6, 6.07) is 14.8. The number of fused-ring (bicyclic) bond motifs is 3. The molecule has 2 atom stereocenters. The van der Waals surface area contributed by atoms with Gasteiger partial charge in [0.25, 0.3) is 0 Å². The van der Waals surface area contributed by atoms with Gasteiger partial charge in [-0.05, 0) is 34.6 Å². The average Bonchev–Trinajstić information content (AvgIpc) is 3.09. The molecule has 176 valence electrons. The lowest BCUT2D eigenvalue weighted by atomic mass is 9.98. The van der Waals surface area contributed by atoms with E-state index in [1.807, 2.05) is 31.2 Å². The smallest absolute Gasteiger partial charge is 0.407 e. The van der Waals surface area contributed by atoms with Gasteiger partial charge in [-0.3, -0.25) is 4.79 Å². The number of hydrogen-bond acceptors (Lipinski definition) is 4. The Hall–Kier alpha value is -3.35. The second-order valence-corrected chi connectivity index (χ2v) is 8.79. The third-order valence-electron chi connectivity index (χ3n) is 5.98. The zero-order valence-corrected chi connectivity index (χ0v) is 19.3. The number of ether oxygens (including phenoxy) is 1. The molecule has 1 aliphatic carbocycles. The number of hydrogen-bond donors (Lipinski definition) is 3. The maximum absolute atomic E-state index is 12.6. The fourth-order valence-corrected chi connectivity index (χ4v) is 4.35. The van der Waals surface area contributed by atoms with Crippen molar-refractivity contribution in [1.29, 1.82) is 0 Å². The van der Waals surface area contributed by atoms with Crippen molar-refractivity contribution in [2.24, 2.45) is 5.92 Å². The van der Waals surface area contributed by atoms with Crippen molar-refractivity contribution in [2.45, 2.75) is 58.0 Å². The van der Waals surface area contributed by atoms with E-state index in [2.05, 4.69) is 34.9 Å². The summed E-state index contributed by atoms with van der Waals surface area (Å²) >= 11 is 0. The van der Waals surface area contributed by atoms with Crippen LogP contribution in [0.5, 0.6) is 0 Å². The average molecular weight is 453 g/mol. The van der Waals surface area contributed by atoms with Gasteiger partial charge in [0.1, 0.15) is 12.6 Å². The maximum Gasteiger partial charge on any atom is 0.407 e. The van der Waals surface area contributed by atoms with E-state index < -0.39 is 30.1 Å². The molecule has 0 fully saturated rings. The van der Waals surface area contributed by atoms with Crippen molar-refractivity contribution >= 4 is 18.0 Å². The highest BCUT2D eigenvalue weighted by atomic mass is 16.5. The van der Waals surface area contributed by atoms with Gasteiger partial charge in [-0.2, -0.15) is 0 Å². The quantitative estimate of drug-likeness (QED) is 0.498. The molecule has 0 spiro atoms. The molecule has 2 amide bonds. The number of aliphatic carboxylic acids is 1. The summed E-state index contributed by atoms with van der Waals surface area (Å²) in [4.78, 5) is 36.3. The Morgan fingerprint density at radius 1 is 0.970 bits per heavy atom. The molecular formula is C26H32N2O5. The SMILES string of the molecule is CCC[C@@H](CC(=O)N[C@H](C(=O)O)C(C)C)NC(=O)OCC1c2ccccc2-c2ccccc21. The van der Waals surface area contributed by atoms with Crippen molar-refractivity contribution in [1.82, 2.24) is 10.6 Å². The van der Waals surface area contributed by atoms with Crippen LogP contribution in [0.15, 0.2) is 48.5 Å². The monoisotopic (exact) mass is 452 g/mol. The van der Waals surface area contributed by atoms with Crippen LogP contribution in [0.3, 0.4) is 0 Å². The number of carbonyl (C=O) groups excluding carboxylic acids is 2. The Morgan fingerprint density at radius 2 is 1.55 bits per heavy atom. The standard InChI is InChI=1S/C26H32N2O5/c1-4-9-17(14-23(29)28-24(16(2)3)25(30)31)27-26(32)33-15-22-20-12-7-5-10-18(20)19-11-6-8-13-21(19)22/h5-8,10-13,16-17,22,24H,4,9,14-15H2,1-3H3,(H,27,32)(H,28,29)(H,30,31)/t17-,24-/m0/s1. The first-order valence-electron chi connectivity index (χ1n) is 11.5. The molecule has 3 N–H and O–H groups in total. The number of benzene rings is 2. The fraction of sp³-hybridized carbons (Fsp3) is 0.423. The zero-order chi connectivity index (χ0) is 24.0. The first-order valence-corrected chi connectivity index (χ1v) is 11.5. The van der Waals surface area contributed by atoms with Crippen LogP contribution in [0, 0.1) is 5.92 Å². The molecule has 0 saturated carbocycles. The Labute approximate surface area is 194 Å². The second-order valence-electron chi connectivity index (χ2n) is 8.79. The summed E-state index contributed by atoms with van der Waals surface area (Å²) in [5.74, 6) is -1.77. The highest BCUT2D eigenvalue weighted by Gasteiger charge is 2.30. The number of carboxylic acids is 1. The maximum atomic E-state index is 12.6. The van der Waals surface area contributed by atoms with E-state index in [1.165, 1.54) is 0 Å². The number of carboxylic acid groups (broad SMARTS) is 1. The third kappa shape index (κ3) is 5.92. The summed E-state index contributed by atoms with van der Waals surface area (Å²) < 4.78 is 5.58. The topological polar surface area (TPSA) is 105 Å². The first-order chi connectivity index (χ1) is 15.8. The zero-order valence-electron chi connectivity index (χ0n) is 19.3. The molecule has 0 aromatic heterocycles. The largest absolute Gasteiger partial charge is 0.480 e. The molecule has 0 bridgehead atoms. The third-order valence-corrected chi connectivity index (χ3v) is 5.98. The van der Waals surface area contributed by atoms with E-state index in [4.69, 9.17) is 4.74 Å². The minimum Gasteiger partial charge on any atom is -0.480 e. The summed E-state index contributed by atoms with van der Waals surface area (Å²) in [6.45, 7) is 5.62. The van der Waals surface area contributed by atoms with E-state index in [0.29, 0.717) is 6.42 Å². The molecule has 3 rings (SSSR count). The normalized spacial score (nSPS) is 14.2. The van der Waals surface area contributed by atoms with Crippen molar-refractivity contribution < 1.29 is 24.2 Å². The molecule has 0 radical (unpaired) electrons. The van der Waals surface area contributed by atoms with Gasteiger partial charge >= 0.3 is 12.1 Å². The Bertz CT molecular complexity index is 958. The molecule has 0 unspecified atom stereocenters. The molecule has 33 heavy (non-hydrogen) atoms. The van der Waals surface area contributed by atoms with Crippen LogP contribution in [0.25, 0.3) is 11.1 Å². The summed E-state index contributed by atoms with van der Waals surface area (Å²) in [6.07, 6.45) is 0.751. The molecule has 0 aliphatic heterocycles. The molecule has 7 heteroatoms. The van der Waals surface area contributed by atoms with Gasteiger partial charge in [0.2, 0.25) is 5.91 Å². The van der Waals surface area contributed by atoms with Gasteiger partial charge in [-0.15, -0.1) is 0 Å². The Balaban J connectivity index is 1.59. The Kier molecular flexibility index (Phi) is 8.09. The van der Waals surface area contributed by atoms with E-state index in [-0.39, 0.29) is 24.9 Å². The molecule has 0 saturated heterocycles. The van der Waals surface area contributed by atoms with Crippen LogP contribution in [0.4, 0.5) is 4.79 Å². The highest BCUT2D eigenvalue weighted by Crippen LogP contribution is 2.44. The van der Waals surface area contributed by atoms with Crippen molar-refractivity contribution in [3.8, 4) is 11.1 Å². The highest BCUT2D eigenvalue weighted by molar-refractivity contribution is 5.84. The van der Waals surface area contributed by atoms with Crippen LogP contribution in [-0.2, 0) is 14.3 Å². The lowest BCUT2D eigenvalue weighted by Gasteiger charge is -2.22. The lowest BCUT2D eigenvalue weighted by molar-refractivity contribution is -0.143. The van der Waals surface area contributed by atoms with Crippen molar-refractivity contribution in [3.05, 3.63) is 59.7 Å². The summed E-state index contributed by atoms with van der Waals surface area (Å²) in [5, 5.41) is 14.6. The number of alkyl carbamates (subject to hydrolysis) is 1. The van der Waals surface area contributed by atoms with Crippen LogP contribution < -0.4 is 10.6 Å². The predicted molar refractivity (Wildman–Crippen MR) is 126 cm³/mol. The second kappa shape index (κ2) is 11.0. The van der Waals surface area contributed by atoms with Crippen LogP contribution in [0.2, 0.25) is 0 Å². The number of rotatable bonds is 10. The minimum absolute atomic E-state index is 0.00542. The molecule has 2 aromatic carbocycles. The van der Waals surface area contributed by atoms with Gasteiger partial charge in [0.15, 0.2) is 0 Å². The first kappa shape index (κ1) is 24.3. The predicted octanol–water partition coefficient (Wildman–Crippen LogP) is 4.31. The summed E-state index contributed by atoms with van der Waals surface area (Å²) in [5.41, 5.74) is 4.57. The number of carbonyl (C=O) groups is 3. The fourth-order valence-electron chi connectivity index (χ4n) is 4.35. The number of amides is 2. The van der Waals surface area contributed by atoms with E-state index >= 15 is 0 Å². The van der Waals surface area contributed by atoms with Gasteiger partial charge in [-0.25, -0.2) is 9.59 Å². The van der Waals surface area contributed by atoms with Crippen molar-refractivity contribution in [2.75, 3.05) is 6.61 Å². The van der Waals surface area contributed by atoms with Crippen LogP contribution in [-0.4, -0.2) is 41.8 Å². The molecule has 0 heterocycles. The molecule has 1 aliphatic rings. The molecule has 2 aromatic rings. The molecule has 7 nitrogen and oxygen atoms in total. The minimum atomic E-state index is -1.07. The van der Waals surface area contributed by atoms with Crippen LogP contribution >= 0.6 is 0 Å². The van der Waals surface area contributed by atoms with Crippen LogP contribution in [0.1, 0.15) is 57.1 Å². The number of nitrogens with one attached hydrogen (secondary N) is 2. The Morgan fingerprint density at radius 3 is 2.06 bits per heavy atom. The van der Waals surface area contributed by atoms with Gasteiger partial charge < -0.3 is 20.5 Å². The van der Waals surface area contributed by atoms with E-state index in [1.54, 1.807) is 13.8 Å². The van der Waals surface area contributed by atoms with Gasteiger partial charge in [0.05, 0.1) is 0 Å². The van der Waals surface area contributed by atoms with Crippen molar-refractivity contribution in [3.63, 3.8) is 0 Å². The van der Waals surface area contributed by atoms with Gasteiger partial charge in [-0.1, -0.05) is 75.7 Å². The van der Waals surface area contributed by atoms with E-state index in [0.717, 1.165) is 28.7 Å². The van der Waals surface area contributed by atoms with E-state index in [9.17, 15) is 19.5 Å². The lowest BCUT2D eigenvalue weighted by Crippen LogP contribution is -2.47. The molecular weight excluding hydrogens is 420 g/mol. The van der Waals surface area contributed by atoms with Gasteiger partial charge in [0, 0.05) is 18.4 Å².